The summed E-state index contributed by atoms with van der Waals surface area (Å²) in [5, 5.41) is 0. The first-order valence-electron chi connectivity index (χ1n) is 3.88. The van der Waals surface area contributed by atoms with Gasteiger partial charge in [0.15, 0.2) is 11.2 Å². The number of rotatable bonds is 3. The summed E-state index contributed by atoms with van der Waals surface area (Å²) in [5.41, 5.74) is 2.23. The van der Waals surface area contributed by atoms with Gasteiger partial charge in [0.1, 0.15) is 0 Å². The van der Waals surface area contributed by atoms with E-state index >= 15 is 0 Å². The number of hydrogen-bond acceptors (Lipinski definition) is 2. The quantitative estimate of drug-likeness (QED) is 0.618. The molecule has 0 bridgehead atoms. The molecule has 0 unspecified atom stereocenters. The van der Waals surface area contributed by atoms with Gasteiger partial charge in [-0.2, -0.15) is 0 Å². The molecule has 0 fully saturated rings. The normalized spacial score (nSPS) is 14.5. The summed E-state index contributed by atoms with van der Waals surface area (Å²) in [5.74, 6) is 0.0147. The zero-order valence-corrected chi connectivity index (χ0v) is 6.59. The topological polar surface area (TPSA) is 34.1 Å². The van der Waals surface area contributed by atoms with Gasteiger partial charge in [-0.1, -0.05) is 12.2 Å². The molecular weight excluding hydrogens is 152 g/mol. The van der Waals surface area contributed by atoms with Crippen LogP contribution in [0, 0.1) is 0 Å². The Morgan fingerprint density at radius 3 is 2.92 bits per heavy atom. The molecule has 1 aromatic rings. The molecule has 0 aromatic heterocycles. The highest BCUT2D eigenvalue weighted by atomic mass is 16.1. The van der Waals surface area contributed by atoms with E-state index in [1.54, 1.807) is 6.08 Å². The van der Waals surface area contributed by atoms with E-state index in [4.69, 9.17) is 0 Å². The Hall–Kier alpha value is -1.44. The van der Waals surface area contributed by atoms with Crippen molar-refractivity contribution in [2.75, 3.05) is 0 Å². The average molecular weight is 160 g/mol. The first kappa shape index (κ1) is 7.22. The number of fused-ring (bicyclic) bond motifs is 1. The highest BCUT2D eigenvalue weighted by molar-refractivity contribution is 6.24. The molecule has 12 heavy (non-hydrogen) atoms. The van der Waals surface area contributed by atoms with Gasteiger partial charge in [-0.25, -0.2) is 0 Å². The predicted molar refractivity (Wildman–Crippen MR) is 46.6 cm³/mol. The zero-order chi connectivity index (χ0) is 8.72. The van der Waals surface area contributed by atoms with Crippen molar-refractivity contribution >= 4 is 11.4 Å². The lowest BCUT2D eigenvalue weighted by Crippen LogP contribution is -1.99. The number of ketones is 1. The molecule has 2 nitrogen and oxygen atoms in total. The van der Waals surface area contributed by atoms with Crippen molar-refractivity contribution in [3.63, 3.8) is 0 Å². The van der Waals surface area contributed by atoms with Crippen molar-refractivity contribution in [3.05, 3.63) is 40.1 Å². The Bertz CT molecular complexity index is 401. The van der Waals surface area contributed by atoms with E-state index in [0.29, 0.717) is 24.0 Å². The highest BCUT2D eigenvalue weighted by Gasteiger charge is 2.32. The van der Waals surface area contributed by atoms with Crippen LogP contribution in [0.15, 0.2) is 23.5 Å². The molecular formula is C10H8O2. The lowest BCUT2D eigenvalue weighted by Gasteiger charge is -1.93. The summed E-state index contributed by atoms with van der Waals surface area (Å²) in [4.78, 5) is 22.2. The Balaban J connectivity index is 2.23. The fourth-order valence-corrected chi connectivity index (χ4v) is 1.49. The minimum Gasteiger partial charge on any atom is -0.294 e. The third kappa shape index (κ3) is 0.811. The molecule has 1 aliphatic rings. The first-order valence-corrected chi connectivity index (χ1v) is 3.88. The molecule has 0 saturated heterocycles. The Morgan fingerprint density at radius 2 is 2.42 bits per heavy atom. The molecule has 0 spiro atoms. The summed E-state index contributed by atoms with van der Waals surface area (Å²) in [6, 6.07) is 0. The number of carbonyl (C=O) groups excluding carboxylic acids is 1. The maximum Gasteiger partial charge on any atom is 0.191 e. The Morgan fingerprint density at radius 1 is 1.67 bits per heavy atom. The standard InChI is InChI=1S/C10H8O2/c1-2-3-8(11)6-4-5-7-9(6)10(7)12/h2,4H,1,3,5H2. The number of carbonyl (C=O) groups is 1. The maximum atomic E-state index is 11.3. The molecule has 0 radical (unpaired) electrons. The maximum absolute atomic E-state index is 11.3. The minimum atomic E-state index is 0.0147. The molecule has 0 aliphatic heterocycles. The largest absolute Gasteiger partial charge is 0.294 e. The summed E-state index contributed by atoms with van der Waals surface area (Å²) in [6.07, 6.45) is 4.38. The monoisotopic (exact) mass is 160 g/mol. The Labute approximate surface area is 69.9 Å². The lowest BCUT2D eigenvalue weighted by atomic mass is 10.1. The van der Waals surface area contributed by atoms with E-state index in [0.717, 1.165) is 5.56 Å². The van der Waals surface area contributed by atoms with Gasteiger partial charge in [-0.3, -0.25) is 9.59 Å². The van der Waals surface area contributed by atoms with E-state index < -0.39 is 0 Å². The van der Waals surface area contributed by atoms with Crippen LogP contribution in [0.25, 0.3) is 5.57 Å². The number of allylic oxidation sites excluding steroid dienone is 3. The van der Waals surface area contributed by atoms with Crippen molar-refractivity contribution in [1.82, 2.24) is 0 Å². The van der Waals surface area contributed by atoms with Crippen LogP contribution in [-0.2, 0) is 11.2 Å². The van der Waals surface area contributed by atoms with Crippen LogP contribution in [0.3, 0.4) is 0 Å². The molecule has 2 heteroatoms. The van der Waals surface area contributed by atoms with Crippen molar-refractivity contribution in [1.29, 1.82) is 0 Å². The fourth-order valence-electron chi connectivity index (χ4n) is 1.49. The Kier molecular flexibility index (Phi) is 1.37. The second-order valence-corrected chi connectivity index (χ2v) is 2.92. The lowest BCUT2D eigenvalue weighted by molar-refractivity contribution is -0.112. The zero-order valence-electron chi connectivity index (χ0n) is 6.59. The third-order valence-electron chi connectivity index (χ3n) is 2.15. The van der Waals surface area contributed by atoms with E-state index in [2.05, 4.69) is 6.58 Å². The van der Waals surface area contributed by atoms with Crippen molar-refractivity contribution in [3.8, 4) is 0 Å². The van der Waals surface area contributed by atoms with Crippen LogP contribution in [-0.4, -0.2) is 5.78 Å². The van der Waals surface area contributed by atoms with Gasteiger partial charge in [0.25, 0.3) is 0 Å². The SMILES string of the molecule is C=CCC(=O)C1=CCc2c1c2=O. The summed E-state index contributed by atoms with van der Waals surface area (Å²) < 4.78 is 0. The van der Waals surface area contributed by atoms with Gasteiger partial charge in [-0.15, -0.1) is 6.58 Å². The average Bonchev–Trinajstić information content (AvgIpc) is 2.53. The first-order chi connectivity index (χ1) is 5.75. The molecule has 0 saturated carbocycles. The minimum absolute atomic E-state index is 0.0147. The molecule has 0 atom stereocenters. The third-order valence-corrected chi connectivity index (χ3v) is 2.15. The number of hydrogen-bond donors (Lipinski definition) is 0. The number of Topliss-reactive ketones (excluding diaryl/α,β-unsaturated/α-hetero) is 1. The predicted octanol–water partition coefficient (Wildman–Crippen LogP) is 1.01. The highest BCUT2D eigenvalue weighted by Crippen LogP contribution is 2.30. The van der Waals surface area contributed by atoms with Gasteiger partial charge in [0, 0.05) is 23.1 Å². The molecule has 1 aliphatic carbocycles. The summed E-state index contributed by atoms with van der Waals surface area (Å²) >= 11 is 0. The molecule has 0 amide bonds. The van der Waals surface area contributed by atoms with Gasteiger partial charge < -0.3 is 0 Å². The van der Waals surface area contributed by atoms with Crippen molar-refractivity contribution in [2.24, 2.45) is 0 Å². The van der Waals surface area contributed by atoms with Crippen molar-refractivity contribution in [2.45, 2.75) is 12.8 Å². The van der Waals surface area contributed by atoms with Crippen LogP contribution in [0.4, 0.5) is 0 Å². The van der Waals surface area contributed by atoms with E-state index in [1.165, 1.54) is 0 Å². The molecule has 60 valence electrons. The van der Waals surface area contributed by atoms with Gasteiger partial charge >= 0.3 is 0 Å². The van der Waals surface area contributed by atoms with Gasteiger partial charge in [-0.05, 0) is 6.42 Å². The smallest absolute Gasteiger partial charge is 0.191 e. The van der Waals surface area contributed by atoms with Gasteiger partial charge in [0.05, 0.1) is 0 Å². The molecule has 2 rings (SSSR count). The van der Waals surface area contributed by atoms with E-state index in [9.17, 15) is 9.59 Å². The molecule has 0 heterocycles. The second kappa shape index (κ2) is 2.27. The fraction of sp³-hybridized carbons (Fsp3) is 0.200. The van der Waals surface area contributed by atoms with Crippen LogP contribution in [0.5, 0.6) is 0 Å². The van der Waals surface area contributed by atoms with Crippen molar-refractivity contribution < 1.29 is 4.79 Å². The van der Waals surface area contributed by atoms with E-state index in [-0.39, 0.29) is 11.2 Å². The van der Waals surface area contributed by atoms with Crippen LogP contribution in [0.2, 0.25) is 0 Å². The van der Waals surface area contributed by atoms with E-state index in [1.807, 2.05) is 6.08 Å². The van der Waals surface area contributed by atoms with Crippen LogP contribution < -0.4 is 5.43 Å². The second-order valence-electron chi connectivity index (χ2n) is 2.92. The van der Waals surface area contributed by atoms with Crippen LogP contribution >= 0.6 is 0 Å². The molecule has 0 N–H and O–H groups in total. The summed E-state index contributed by atoms with van der Waals surface area (Å²) in [7, 11) is 0. The molecule has 1 aromatic carbocycles. The summed E-state index contributed by atoms with van der Waals surface area (Å²) in [6.45, 7) is 3.48. The van der Waals surface area contributed by atoms with Crippen LogP contribution in [0.1, 0.15) is 17.5 Å². The van der Waals surface area contributed by atoms with Gasteiger partial charge in [0.2, 0.25) is 0 Å².